The van der Waals surface area contributed by atoms with Gasteiger partial charge in [-0.05, 0) is 0 Å². The van der Waals surface area contributed by atoms with Crippen LogP contribution in [0, 0.1) is 0 Å². The van der Waals surface area contributed by atoms with Crippen molar-refractivity contribution in [2.24, 2.45) is 0 Å². The van der Waals surface area contributed by atoms with Crippen LogP contribution in [0.4, 0.5) is 39.5 Å². The Morgan fingerprint density at radius 1 is 0.640 bits per heavy atom. The summed E-state index contributed by atoms with van der Waals surface area (Å²) in [7, 11) is -3.76. The van der Waals surface area contributed by atoms with E-state index in [0.29, 0.717) is 9.34 Å². The zero-order valence-electron chi connectivity index (χ0n) is 13.0. The van der Waals surface area contributed by atoms with Crippen molar-refractivity contribution in [2.45, 2.75) is 18.5 Å². The van der Waals surface area contributed by atoms with E-state index in [1.165, 1.54) is 0 Å². The van der Waals surface area contributed by atoms with Crippen molar-refractivity contribution in [1.29, 1.82) is 0 Å². The minimum absolute atomic E-state index is 0.220. The van der Waals surface area contributed by atoms with Gasteiger partial charge in [0.15, 0.2) is 0 Å². The molecule has 0 radical (unpaired) electrons. The third kappa shape index (κ3) is 5.54. The first kappa shape index (κ1) is 22.6. The maximum absolute atomic E-state index is 12.6. The van der Waals surface area contributed by atoms with Gasteiger partial charge in [-0.1, -0.05) is 0 Å². The predicted octanol–water partition coefficient (Wildman–Crippen LogP) is 3.73. The Labute approximate surface area is 136 Å². The van der Waals surface area contributed by atoms with Crippen LogP contribution in [0.5, 0.6) is 0 Å². The topological polar surface area (TPSA) is 34.2 Å². The fraction of sp³-hybridized carbons (Fsp3) is 1.00. The second kappa shape index (κ2) is 6.97. The van der Waals surface area contributed by atoms with Crippen molar-refractivity contribution in [3.63, 3.8) is 0 Å². The number of rotatable bonds is 6. The zero-order chi connectivity index (χ0) is 19.8. The van der Waals surface area contributed by atoms with E-state index in [9.17, 15) is 39.5 Å². The van der Waals surface area contributed by atoms with Crippen molar-refractivity contribution in [2.75, 3.05) is 47.0 Å². The number of nitrogens with zero attached hydrogens (tertiary/aromatic N) is 2. The molecule has 0 aliphatic carbocycles. The molecule has 1 aliphatic heterocycles. The summed E-state index contributed by atoms with van der Waals surface area (Å²) in [6.45, 7) is -6.87. The second-order valence-corrected chi connectivity index (χ2v) is 8.98. The fourth-order valence-electron chi connectivity index (χ4n) is 2.14. The van der Waals surface area contributed by atoms with Crippen LogP contribution in [0.1, 0.15) is 0 Å². The van der Waals surface area contributed by atoms with Crippen LogP contribution in [0.2, 0.25) is 0 Å². The molecule has 1 aliphatic rings. The maximum atomic E-state index is 12.6. The summed E-state index contributed by atoms with van der Waals surface area (Å²) in [5, 5.41) is 0. The van der Waals surface area contributed by atoms with Crippen LogP contribution in [-0.2, 0) is 13.6 Å². The normalized spacial score (nSPS) is 24.2. The van der Waals surface area contributed by atoms with Gasteiger partial charge in [0.05, 0.1) is 0 Å². The summed E-state index contributed by atoms with van der Waals surface area (Å²) >= 11 is 0. The molecular weight excluding hydrogens is 398 g/mol. The van der Waals surface area contributed by atoms with Gasteiger partial charge < -0.3 is 0 Å². The number of alkyl halides is 9. The SMILES string of the molecule is CN1CCN(C)P1(OCC(F)(F)F)(OCC(F)(F)F)OCC(F)(F)F. The van der Waals surface area contributed by atoms with Crippen LogP contribution < -0.4 is 0 Å². The summed E-state index contributed by atoms with van der Waals surface area (Å²) in [6, 6.07) is 0. The van der Waals surface area contributed by atoms with E-state index in [0.717, 1.165) is 14.1 Å². The van der Waals surface area contributed by atoms with E-state index >= 15 is 0 Å². The molecule has 1 rings (SSSR count). The molecule has 1 heterocycles. The molecule has 152 valence electrons. The summed E-state index contributed by atoms with van der Waals surface area (Å²) in [5.41, 5.74) is 0. The fourth-order valence-corrected chi connectivity index (χ4v) is 6.02. The van der Waals surface area contributed by atoms with E-state index in [-0.39, 0.29) is 13.1 Å². The molecule has 0 N–H and O–H groups in total. The first-order chi connectivity index (χ1) is 11.0. The van der Waals surface area contributed by atoms with Crippen LogP contribution in [0.25, 0.3) is 0 Å². The van der Waals surface area contributed by atoms with Gasteiger partial charge in [-0.25, -0.2) is 0 Å². The molecule has 0 bridgehead atoms. The summed E-state index contributed by atoms with van der Waals surface area (Å²) in [6.07, 6.45) is -15.1. The van der Waals surface area contributed by atoms with E-state index in [1.807, 2.05) is 0 Å². The van der Waals surface area contributed by atoms with Crippen molar-refractivity contribution in [3.05, 3.63) is 0 Å². The minimum atomic E-state index is -5.71. The Morgan fingerprint density at radius 2 is 0.880 bits per heavy atom. The molecule has 0 spiro atoms. The van der Waals surface area contributed by atoms with Crippen molar-refractivity contribution < 1.29 is 53.1 Å². The Bertz CT molecular complexity index is 406. The van der Waals surface area contributed by atoms with E-state index in [2.05, 4.69) is 13.6 Å². The van der Waals surface area contributed by atoms with Gasteiger partial charge in [0.25, 0.3) is 0 Å². The number of halogens is 9. The number of hydrogen-bond acceptors (Lipinski definition) is 5. The van der Waals surface area contributed by atoms with Gasteiger partial charge in [0, 0.05) is 0 Å². The summed E-state index contributed by atoms with van der Waals surface area (Å²) in [4.78, 5) is 0. The Balaban J connectivity index is 3.31. The molecule has 1 saturated heterocycles. The number of hydrogen-bond donors (Lipinski definition) is 0. The van der Waals surface area contributed by atoms with E-state index in [4.69, 9.17) is 0 Å². The molecule has 5 nitrogen and oxygen atoms in total. The van der Waals surface area contributed by atoms with E-state index in [1.54, 1.807) is 0 Å². The molecule has 0 atom stereocenters. The quantitative estimate of drug-likeness (QED) is 0.489. The third-order valence-corrected chi connectivity index (χ3v) is 7.63. The molecule has 0 aromatic carbocycles. The third-order valence-electron chi connectivity index (χ3n) is 3.24. The molecule has 0 aromatic rings. The van der Waals surface area contributed by atoms with E-state index < -0.39 is 45.9 Å². The van der Waals surface area contributed by atoms with Gasteiger partial charge in [-0.2, -0.15) is 0 Å². The molecule has 25 heavy (non-hydrogen) atoms. The molecule has 0 amide bonds. The standard InChI is InChI=1S/C10H16F9N2O3P/c1-20-3-4-21(2)25(20,22-5-8(11,12)13,23-6-9(14,15)16)24-7-10(17,18)19/h3-7H2,1-2H3. The predicted molar refractivity (Wildman–Crippen MR) is 68.2 cm³/mol. The second-order valence-electron chi connectivity index (χ2n) is 5.23. The molecule has 1 fully saturated rings. The van der Waals surface area contributed by atoms with Gasteiger partial charge in [-0.3, -0.25) is 0 Å². The molecule has 0 aromatic heterocycles. The Morgan fingerprint density at radius 3 is 1.08 bits per heavy atom. The monoisotopic (exact) mass is 414 g/mol. The summed E-state index contributed by atoms with van der Waals surface area (Å²) in [5.74, 6) is 0. The first-order valence-electron chi connectivity index (χ1n) is 6.60. The van der Waals surface area contributed by atoms with Crippen LogP contribution in [0.3, 0.4) is 0 Å². The first-order valence-corrected chi connectivity index (χ1v) is 8.50. The zero-order valence-corrected chi connectivity index (χ0v) is 13.9. The van der Waals surface area contributed by atoms with Gasteiger partial charge >= 0.3 is 136 Å². The van der Waals surface area contributed by atoms with Crippen molar-refractivity contribution in [1.82, 2.24) is 9.34 Å². The van der Waals surface area contributed by atoms with Gasteiger partial charge in [0.1, 0.15) is 0 Å². The number of likely N-dealkylation sites (N-methyl/N-ethyl adjacent to an activating group) is 2. The Kier molecular flexibility index (Phi) is 6.31. The van der Waals surface area contributed by atoms with Crippen molar-refractivity contribution >= 4 is 7.59 Å². The van der Waals surface area contributed by atoms with Crippen LogP contribution in [-0.4, -0.2) is 74.9 Å². The average Bonchev–Trinajstić information content (AvgIpc) is 2.65. The van der Waals surface area contributed by atoms with Crippen molar-refractivity contribution in [3.8, 4) is 0 Å². The molecule has 0 unspecified atom stereocenters. The Hall–Kier alpha value is -0.400. The molecular formula is C10H16F9N2O3P. The van der Waals surface area contributed by atoms with Gasteiger partial charge in [-0.15, -0.1) is 0 Å². The van der Waals surface area contributed by atoms with Crippen LogP contribution in [0.15, 0.2) is 0 Å². The molecule has 15 heteroatoms. The van der Waals surface area contributed by atoms with Gasteiger partial charge in [0.2, 0.25) is 0 Å². The van der Waals surface area contributed by atoms with Crippen LogP contribution >= 0.6 is 7.59 Å². The molecule has 0 saturated carbocycles. The summed E-state index contributed by atoms with van der Waals surface area (Å²) < 4.78 is 128. The average molecular weight is 414 g/mol.